The molecule has 1 amide bonds. The van der Waals surface area contributed by atoms with E-state index < -0.39 is 10.0 Å². The van der Waals surface area contributed by atoms with Crippen LogP contribution in [0.1, 0.15) is 0 Å². The highest BCUT2D eigenvalue weighted by Crippen LogP contribution is 2.16. The number of piperazine rings is 1. The number of halogens is 1. The quantitative estimate of drug-likeness (QED) is 0.231. The number of nitrogens with one attached hydrogen (secondary N) is 2. The number of hydrogen-bond acceptors (Lipinski definition) is 6. The van der Waals surface area contributed by atoms with Crippen LogP contribution in [0.4, 0.5) is 5.69 Å². The van der Waals surface area contributed by atoms with Crippen LogP contribution in [-0.2, 0) is 21.9 Å². The summed E-state index contributed by atoms with van der Waals surface area (Å²) >= 11 is 1.17. The number of amides is 1. The Hall–Kier alpha value is -1.71. The number of thiophene rings is 1. The first-order chi connectivity index (χ1) is 13.4. The number of aryl methyl sites for hydroxylation is 1. The minimum Gasteiger partial charge on any atom is -0.355 e. The SMILES string of the molecule is CN=C(NCCNS(=O)(=O)c1cccs1)N1CCN(c2cnn(C)c2)C(=O)C1.I. The second-order valence-electron chi connectivity index (χ2n) is 6.14. The van der Waals surface area contributed by atoms with Gasteiger partial charge in [-0.25, -0.2) is 13.1 Å². The van der Waals surface area contributed by atoms with Gasteiger partial charge in [-0.15, -0.1) is 35.3 Å². The Morgan fingerprint density at radius 3 is 2.72 bits per heavy atom. The van der Waals surface area contributed by atoms with Crippen LogP contribution in [0.5, 0.6) is 0 Å². The van der Waals surface area contributed by atoms with Crippen LogP contribution in [0, 0.1) is 0 Å². The third-order valence-corrected chi connectivity index (χ3v) is 7.05. The summed E-state index contributed by atoms with van der Waals surface area (Å²) in [5, 5.41) is 8.92. The first-order valence-electron chi connectivity index (χ1n) is 8.68. The standard InChI is InChI=1S/C16H23N7O3S2.HI/c1-17-16(18-5-6-20-28(25,26)15-4-3-9-27-15)22-7-8-23(14(24)12-22)13-10-19-21(2)11-13;/h3-4,9-11,20H,5-8,12H2,1-2H3,(H,17,18);1H. The average Bonchev–Trinajstić information content (AvgIpc) is 3.34. The van der Waals surface area contributed by atoms with Crippen molar-refractivity contribution >= 4 is 62.9 Å². The number of aromatic nitrogens is 2. The van der Waals surface area contributed by atoms with E-state index in [1.807, 2.05) is 11.9 Å². The Morgan fingerprint density at radius 1 is 1.34 bits per heavy atom. The molecule has 1 fully saturated rings. The van der Waals surface area contributed by atoms with Crippen molar-refractivity contribution in [1.82, 2.24) is 24.7 Å². The Bertz CT molecular complexity index is 944. The normalized spacial score (nSPS) is 15.4. The van der Waals surface area contributed by atoms with Gasteiger partial charge in [0.25, 0.3) is 0 Å². The molecule has 160 valence electrons. The highest BCUT2D eigenvalue weighted by molar-refractivity contribution is 14.0. The first-order valence-corrected chi connectivity index (χ1v) is 11.0. The molecule has 0 radical (unpaired) electrons. The predicted molar refractivity (Wildman–Crippen MR) is 123 cm³/mol. The smallest absolute Gasteiger partial charge is 0.250 e. The van der Waals surface area contributed by atoms with Crippen LogP contribution >= 0.6 is 35.3 Å². The van der Waals surface area contributed by atoms with Crippen molar-refractivity contribution in [3.05, 3.63) is 29.9 Å². The van der Waals surface area contributed by atoms with Crippen molar-refractivity contribution < 1.29 is 13.2 Å². The van der Waals surface area contributed by atoms with Gasteiger partial charge in [0.1, 0.15) is 10.8 Å². The zero-order valence-electron chi connectivity index (χ0n) is 16.1. The molecule has 0 bridgehead atoms. The van der Waals surface area contributed by atoms with Crippen molar-refractivity contribution in [2.45, 2.75) is 4.21 Å². The van der Waals surface area contributed by atoms with Gasteiger partial charge < -0.3 is 15.1 Å². The molecule has 0 saturated carbocycles. The average molecular weight is 553 g/mol. The van der Waals surface area contributed by atoms with Crippen LogP contribution in [0.25, 0.3) is 0 Å². The number of carbonyl (C=O) groups is 1. The zero-order valence-corrected chi connectivity index (χ0v) is 20.1. The summed E-state index contributed by atoms with van der Waals surface area (Å²) in [7, 11) is -0.0416. The topological polar surface area (TPSA) is 112 Å². The summed E-state index contributed by atoms with van der Waals surface area (Å²) < 4.78 is 28.7. The summed E-state index contributed by atoms with van der Waals surface area (Å²) in [4.78, 5) is 20.3. The first kappa shape index (κ1) is 23.6. The van der Waals surface area contributed by atoms with E-state index in [2.05, 4.69) is 20.1 Å². The van der Waals surface area contributed by atoms with Crippen molar-refractivity contribution in [2.75, 3.05) is 44.7 Å². The van der Waals surface area contributed by atoms with Gasteiger partial charge in [-0.1, -0.05) is 6.07 Å². The lowest BCUT2D eigenvalue weighted by molar-refractivity contribution is -0.120. The molecule has 10 nitrogen and oxygen atoms in total. The van der Waals surface area contributed by atoms with Crippen molar-refractivity contribution in [1.29, 1.82) is 0 Å². The minimum absolute atomic E-state index is 0. The van der Waals surface area contributed by atoms with Gasteiger partial charge in [-0.2, -0.15) is 5.10 Å². The van der Waals surface area contributed by atoms with Gasteiger partial charge >= 0.3 is 0 Å². The summed E-state index contributed by atoms with van der Waals surface area (Å²) in [6, 6.07) is 3.26. The van der Waals surface area contributed by atoms with Gasteiger partial charge in [0.2, 0.25) is 15.9 Å². The summed E-state index contributed by atoms with van der Waals surface area (Å²) in [5.41, 5.74) is 0.776. The third kappa shape index (κ3) is 5.90. The second-order valence-corrected chi connectivity index (χ2v) is 9.08. The summed E-state index contributed by atoms with van der Waals surface area (Å²) in [6.45, 7) is 1.89. The zero-order chi connectivity index (χ0) is 20.1. The molecule has 29 heavy (non-hydrogen) atoms. The monoisotopic (exact) mass is 553 g/mol. The Balaban J connectivity index is 0.00000300. The predicted octanol–water partition coefficient (Wildman–Crippen LogP) is 0.302. The Labute approximate surface area is 191 Å². The van der Waals surface area contributed by atoms with Gasteiger partial charge in [-0.05, 0) is 11.4 Å². The number of hydrogen-bond donors (Lipinski definition) is 2. The molecule has 0 spiro atoms. The number of anilines is 1. The van der Waals surface area contributed by atoms with Crippen molar-refractivity contribution in [3.63, 3.8) is 0 Å². The molecule has 1 saturated heterocycles. The molecule has 2 aromatic heterocycles. The molecule has 0 aliphatic carbocycles. The molecular formula is C16H24IN7O3S2. The Kier molecular flexibility index (Phi) is 8.42. The molecule has 2 N–H and O–H groups in total. The summed E-state index contributed by atoms with van der Waals surface area (Å²) in [5.74, 6) is 0.523. The number of nitrogens with zero attached hydrogens (tertiary/aromatic N) is 5. The maximum atomic E-state index is 12.5. The lowest BCUT2D eigenvalue weighted by Crippen LogP contribution is -2.55. The molecular weight excluding hydrogens is 529 g/mol. The van der Waals surface area contributed by atoms with Crippen molar-refractivity contribution in [3.8, 4) is 0 Å². The van der Waals surface area contributed by atoms with Crippen LogP contribution in [0.3, 0.4) is 0 Å². The van der Waals surface area contributed by atoms with Gasteiger partial charge in [-0.3, -0.25) is 14.5 Å². The highest BCUT2D eigenvalue weighted by Gasteiger charge is 2.27. The van der Waals surface area contributed by atoms with E-state index in [1.54, 1.807) is 46.5 Å². The number of rotatable bonds is 6. The van der Waals surface area contributed by atoms with Crippen LogP contribution in [0.2, 0.25) is 0 Å². The van der Waals surface area contributed by atoms with E-state index in [1.165, 1.54) is 11.3 Å². The lowest BCUT2D eigenvalue weighted by atomic mass is 10.3. The molecule has 2 aromatic rings. The highest BCUT2D eigenvalue weighted by atomic mass is 127. The van der Waals surface area contributed by atoms with E-state index >= 15 is 0 Å². The molecule has 13 heteroatoms. The number of guanidine groups is 1. The molecule has 0 aromatic carbocycles. The number of carbonyl (C=O) groups excluding carboxylic acids is 1. The molecule has 0 unspecified atom stereocenters. The van der Waals surface area contributed by atoms with E-state index in [-0.39, 0.29) is 47.2 Å². The van der Waals surface area contributed by atoms with Crippen LogP contribution in [-0.4, -0.2) is 74.7 Å². The minimum atomic E-state index is -3.48. The molecule has 3 heterocycles. The van der Waals surface area contributed by atoms with Gasteiger partial charge in [0.05, 0.1) is 11.9 Å². The second kappa shape index (κ2) is 10.4. The molecule has 1 aliphatic rings. The maximum absolute atomic E-state index is 12.5. The van der Waals surface area contributed by atoms with E-state index in [0.717, 1.165) is 5.69 Å². The van der Waals surface area contributed by atoms with Crippen LogP contribution < -0.4 is 14.9 Å². The fourth-order valence-corrected chi connectivity index (χ4v) is 4.92. The Morgan fingerprint density at radius 2 is 2.14 bits per heavy atom. The van der Waals surface area contributed by atoms with Gasteiger partial charge in [0.15, 0.2) is 5.96 Å². The van der Waals surface area contributed by atoms with E-state index in [0.29, 0.717) is 25.6 Å². The van der Waals surface area contributed by atoms with E-state index in [4.69, 9.17) is 0 Å². The van der Waals surface area contributed by atoms with E-state index in [9.17, 15) is 13.2 Å². The van der Waals surface area contributed by atoms with Crippen LogP contribution in [0.15, 0.2) is 39.1 Å². The maximum Gasteiger partial charge on any atom is 0.250 e. The fraction of sp³-hybridized carbons (Fsp3) is 0.438. The lowest BCUT2D eigenvalue weighted by Gasteiger charge is -2.35. The number of aliphatic imine (C=N–C) groups is 1. The van der Waals surface area contributed by atoms with Gasteiger partial charge in [0, 0.05) is 46.5 Å². The molecule has 3 rings (SSSR count). The molecule has 1 aliphatic heterocycles. The summed E-state index contributed by atoms with van der Waals surface area (Å²) in [6.07, 6.45) is 3.47. The largest absolute Gasteiger partial charge is 0.355 e. The fourth-order valence-electron chi connectivity index (χ4n) is 2.85. The number of sulfonamides is 1. The van der Waals surface area contributed by atoms with Crippen molar-refractivity contribution in [2.24, 2.45) is 12.0 Å². The molecule has 0 atom stereocenters. The third-order valence-electron chi connectivity index (χ3n) is 4.20.